The quantitative estimate of drug-likeness (QED) is 0.496. The van der Waals surface area contributed by atoms with Gasteiger partial charge in [-0.25, -0.2) is 0 Å². The first-order valence-corrected chi connectivity index (χ1v) is 11.8. The van der Waals surface area contributed by atoms with Gasteiger partial charge in [0.2, 0.25) is 11.8 Å². The number of hydrogen-bond acceptors (Lipinski definition) is 4. The molecule has 2 amide bonds. The Morgan fingerprint density at radius 2 is 1.90 bits per heavy atom. The minimum absolute atomic E-state index is 0.125. The Kier molecular flexibility index (Phi) is 7.10. The number of furan rings is 1. The molecule has 162 valence electrons. The Morgan fingerprint density at radius 3 is 2.55 bits per heavy atom. The lowest BCUT2D eigenvalue weighted by molar-refractivity contribution is -0.141. The zero-order chi connectivity index (χ0) is 21.6. The number of carbonyl (C=O) groups is 2. The van der Waals surface area contributed by atoms with E-state index in [1.807, 2.05) is 35.7 Å². The number of nitrogens with one attached hydrogen (secondary N) is 1. The maximum absolute atomic E-state index is 13.5. The van der Waals surface area contributed by atoms with Gasteiger partial charge in [-0.05, 0) is 54.1 Å². The monoisotopic (exact) mass is 456 g/mol. The van der Waals surface area contributed by atoms with Gasteiger partial charge in [-0.2, -0.15) is 0 Å². The maximum atomic E-state index is 13.5. The second kappa shape index (κ2) is 10.2. The lowest BCUT2D eigenvalue weighted by atomic mass is 10.0. The van der Waals surface area contributed by atoms with Crippen molar-refractivity contribution in [1.82, 2.24) is 10.2 Å². The molecule has 2 heterocycles. The predicted molar refractivity (Wildman–Crippen MR) is 122 cm³/mol. The summed E-state index contributed by atoms with van der Waals surface area (Å²) < 4.78 is 5.52. The fourth-order valence-corrected chi connectivity index (χ4v) is 4.85. The molecule has 0 radical (unpaired) electrons. The molecule has 1 N–H and O–H groups in total. The SMILES string of the molecule is O=C(NC1CCCC1)[C@@H](c1ccc(Cl)cc1)N(Cc1ccco1)C(=O)Cc1cccs1. The zero-order valence-corrected chi connectivity index (χ0v) is 18.7. The van der Waals surface area contributed by atoms with E-state index in [1.165, 1.54) is 11.3 Å². The summed E-state index contributed by atoms with van der Waals surface area (Å²) in [6, 6.07) is 14.0. The van der Waals surface area contributed by atoms with Crippen molar-refractivity contribution in [3.8, 4) is 0 Å². The number of amides is 2. The summed E-state index contributed by atoms with van der Waals surface area (Å²) in [5.74, 6) is 0.341. The van der Waals surface area contributed by atoms with Crippen molar-refractivity contribution in [2.24, 2.45) is 0 Å². The average Bonchev–Trinajstić information content (AvgIpc) is 3.53. The molecule has 5 nitrogen and oxygen atoms in total. The van der Waals surface area contributed by atoms with Crippen LogP contribution in [0.2, 0.25) is 5.02 Å². The van der Waals surface area contributed by atoms with Gasteiger partial charge in [0, 0.05) is 15.9 Å². The van der Waals surface area contributed by atoms with Gasteiger partial charge >= 0.3 is 0 Å². The van der Waals surface area contributed by atoms with E-state index in [9.17, 15) is 9.59 Å². The zero-order valence-electron chi connectivity index (χ0n) is 17.1. The lowest BCUT2D eigenvalue weighted by Crippen LogP contribution is -2.46. The minimum atomic E-state index is -0.768. The molecule has 1 atom stereocenters. The molecule has 3 aromatic rings. The van der Waals surface area contributed by atoms with Crippen LogP contribution in [-0.4, -0.2) is 22.8 Å². The summed E-state index contributed by atoms with van der Waals surface area (Å²) in [5, 5.41) is 5.70. The van der Waals surface area contributed by atoms with Gasteiger partial charge in [0.25, 0.3) is 0 Å². The highest BCUT2D eigenvalue weighted by Gasteiger charge is 2.33. The number of nitrogens with zero attached hydrogens (tertiary/aromatic N) is 1. The molecule has 0 saturated heterocycles. The van der Waals surface area contributed by atoms with Gasteiger partial charge in [-0.3, -0.25) is 9.59 Å². The smallest absolute Gasteiger partial charge is 0.247 e. The van der Waals surface area contributed by atoms with E-state index >= 15 is 0 Å². The van der Waals surface area contributed by atoms with Crippen molar-refractivity contribution >= 4 is 34.8 Å². The van der Waals surface area contributed by atoms with E-state index in [4.69, 9.17) is 16.0 Å². The first-order chi connectivity index (χ1) is 15.1. The van der Waals surface area contributed by atoms with E-state index < -0.39 is 6.04 Å². The summed E-state index contributed by atoms with van der Waals surface area (Å²) in [6.07, 6.45) is 5.99. The third-order valence-corrected chi connectivity index (χ3v) is 6.71. The van der Waals surface area contributed by atoms with Crippen molar-refractivity contribution in [2.75, 3.05) is 0 Å². The number of halogens is 1. The Bertz CT molecular complexity index is 981. The van der Waals surface area contributed by atoms with E-state index in [2.05, 4.69) is 5.32 Å². The molecule has 2 aromatic heterocycles. The van der Waals surface area contributed by atoms with Gasteiger partial charge in [0.05, 0.1) is 19.2 Å². The van der Waals surface area contributed by atoms with Crippen LogP contribution in [0, 0.1) is 0 Å². The third-order valence-electron chi connectivity index (χ3n) is 5.58. The van der Waals surface area contributed by atoms with Crippen LogP contribution in [0.1, 0.15) is 47.9 Å². The summed E-state index contributed by atoms with van der Waals surface area (Å²) in [4.78, 5) is 29.5. The largest absolute Gasteiger partial charge is 0.467 e. The number of benzene rings is 1. The van der Waals surface area contributed by atoms with Gasteiger partial charge in [-0.15, -0.1) is 11.3 Å². The standard InChI is InChI=1S/C24H25ClN2O3S/c25-18-11-9-17(10-12-18)23(24(29)26-19-5-1-2-6-19)27(16-20-7-3-13-30-20)22(28)15-21-8-4-14-31-21/h3-4,7-14,19,23H,1-2,5-6,15-16H2,(H,26,29)/t23-/m1/s1. The van der Waals surface area contributed by atoms with Crippen molar-refractivity contribution in [1.29, 1.82) is 0 Å². The van der Waals surface area contributed by atoms with Crippen LogP contribution in [0.15, 0.2) is 64.6 Å². The highest BCUT2D eigenvalue weighted by Crippen LogP contribution is 2.28. The molecule has 1 aromatic carbocycles. The maximum Gasteiger partial charge on any atom is 0.247 e. The van der Waals surface area contributed by atoms with Gasteiger partial charge in [-0.1, -0.05) is 42.6 Å². The first kappa shape index (κ1) is 21.7. The molecule has 1 aliphatic rings. The number of hydrogen-bond donors (Lipinski definition) is 1. The number of rotatable bonds is 8. The van der Waals surface area contributed by atoms with Gasteiger partial charge in [0.1, 0.15) is 11.8 Å². The van der Waals surface area contributed by atoms with Crippen molar-refractivity contribution < 1.29 is 14.0 Å². The molecule has 1 saturated carbocycles. The van der Waals surface area contributed by atoms with E-state index in [1.54, 1.807) is 29.4 Å². The molecule has 0 aliphatic heterocycles. The van der Waals surface area contributed by atoms with E-state index in [-0.39, 0.29) is 30.8 Å². The van der Waals surface area contributed by atoms with Crippen LogP contribution in [0.25, 0.3) is 0 Å². The number of carbonyl (C=O) groups excluding carboxylic acids is 2. The van der Waals surface area contributed by atoms with Crippen LogP contribution >= 0.6 is 22.9 Å². The highest BCUT2D eigenvalue weighted by atomic mass is 35.5. The average molecular weight is 457 g/mol. The molecular formula is C24H25ClN2O3S. The molecule has 1 aliphatic carbocycles. The van der Waals surface area contributed by atoms with Gasteiger partial charge < -0.3 is 14.6 Å². The minimum Gasteiger partial charge on any atom is -0.467 e. The summed E-state index contributed by atoms with van der Waals surface area (Å²) in [5.41, 5.74) is 0.728. The summed E-state index contributed by atoms with van der Waals surface area (Å²) in [6.45, 7) is 0.211. The summed E-state index contributed by atoms with van der Waals surface area (Å²) >= 11 is 7.62. The highest BCUT2D eigenvalue weighted by molar-refractivity contribution is 7.10. The van der Waals surface area contributed by atoms with Crippen LogP contribution in [0.4, 0.5) is 0 Å². The molecule has 1 fully saturated rings. The molecule has 31 heavy (non-hydrogen) atoms. The first-order valence-electron chi connectivity index (χ1n) is 10.5. The Hall–Kier alpha value is -2.57. The second-order valence-electron chi connectivity index (χ2n) is 7.80. The molecule has 4 rings (SSSR count). The summed E-state index contributed by atoms with van der Waals surface area (Å²) in [7, 11) is 0. The van der Waals surface area contributed by atoms with Crippen LogP contribution in [0.3, 0.4) is 0 Å². The molecule has 0 unspecified atom stereocenters. The second-order valence-corrected chi connectivity index (χ2v) is 9.27. The Labute approximate surface area is 191 Å². The lowest BCUT2D eigenvalue weighted by Gasteiger charge is -2.31. The topological polar surface area (TPSA) is 62.6 Å². The predicted octanol–water partition coefficient (Wildman–Crippen LogP) is 5.37. The van der Waals surface area contributed by atoms with Crippen LogP contribution in [0.5, 0.6) is 0 Å². The molecule has 7 heteroatoms. The molecule has 0 spiro atoms. The van der Waals surface area contributed by atoms with Crippen LogP contribution < -0.4 is 5.32 Å². The number of thiophene rings is 1. The van der Waals surface area contributed by atoms with E-state index in [0.29, 0.717) is 10.8 Å². The van der Waals surface area contributed by atoms with Crippen molar-refractivity contribution in [3.63, 3.8) is 0 Å². The molecular weight excluding hydrogens is 432 g/mol. The fraction of sp³-hybridized carbons (Fsp3) is 0.333. The Balaban J connectivity index is 1.67. The Morgan fingerprint density at radius 1 is 1.13 bits per heavy atom. The molecule has 0 bridgehead atoms. The fourth-order valence-electron chi connectivity index (χ4n) is 4.03. The third kappa shape index (κ3) is 5.57. The van der Waals surface area contributed by atoms with Crippen LogP contribution in [-0.2, 0) is 22.6 Å². The van der Waals surface area contributed by atoms with Crippen molar-refractivity contribution in [2.45, 2.75) is 50.7 Å². The van der Waals surface area contributed by atoms with E-state index in [0.717, 1.165) is 36.1 Å². The van der Waals surface area contributed by atoms with Gasteiger partial charge in [0.15, 0.2) is 0 Å². The van der Waals surface area contributed by atoms with Crippen molar-refractivity contribution in [3.05, 3.63) is 81.4 Å². The normalized spacial score (nSPS) is 15.0.